The Morgan fingerprint density at radius 2 is 1.85 bits per heavy atom. The fraction of sp³-hybridized carbons (Fsp3) is 0.211. The summed E-state index contributed by atoms with van der Waals surface area (Å²) in [7, 11) is 2.66. The van der Waals surface area contributed by atoms with Crippen molar-refractivity contribution in [2.45, 2.75) is 13.5 Å². The topological polar surface area (TPSA) is 69.5 Å². The summed E-state index contributed by atoms with van der Waals surface area (Å²) in [4.78, 5) is 22.2. The van der Waals surface area contributed by atoms with Crippen molar-refractivity contribution < 1.29 is 19.2 Å². The first-order chi connectivity index (χ1) is 12.6. The first kappa shape index (κ1) is 19.7. The van der Waals surface area contributed by atoms with E-state index in [2.05, 4.69) is 26.2 Å². The third kappa shape index (κ3) is 5.16. The van der Waals surface area contributed by atoms with E-state index in [-0.39, 0.29) is 12.3 Å². The molecule has 0 unspecified atom stereocenters. The molecule has 7 heteroatoms. The molecule has 0 saturated heterocycles. The molecule has 0 fully saturated rings. The lowest BCUT2D eigenvalue weighted by molar-refractivity contribution is -0.132. The number of carbonyl (C=O) groups is 1. The van der Waals surface area contributed by atoms with E-state index in [0.29, 0.717) is 5.56 Å². The Balaban J connectivity index is 2.19. The molecule has 2 aromatic rings. The summed E-state index contributed by atoms with van der Waals surface area (Å²) >= 11 is 3.43. The van der Waals surface area contributed by atoms with E-state index in [1.165, 1.54) is 14.2 Å². The number of rotatable bonds is 7. The molecule has 0 amide bonds. The maximum Gasteiger partial charge on any atom is 0.360 e. The molecular formula is C19H19BrN2O4. The molecule has 0 aromatic heterocycles. The van der Waals surface area contributed by atoms with Crippen molar-refractivity contribution in [2.75, 3.05) is 14.2 Å². The fourth-order valence-electron chi connectivity index (χ4n) is 2.23. The molecule has 0 bridgehead atoms. The number of nitrogens with zero attached hydrogens (tertiary/aromatic N) is 2. The monoisotopic (exact) mass is 418 g/mol. The van der Waals surface area contributed by atoms with Crippen molar-refractivity contribution in [3.63, 3.8) is 0 Å². The number of oxime groups is 2. The number of halogens is 1. The zero-order chi connectivity index (χ0) is 18.9. The Kier molecular flexibility index (Phi) is 7.35. The highest BCUT2D eigenvalue weighted by Gasteiger charge is 2.19. The number of carbonyl (C=O) groups excluding carboxylic acids is 1. The van der Waals surface area contributed by atoms with Crippen LogP contribution in [-0.4, -0.2) is 31.6 Å². The van der Waals surface area contributed by atoms with Gasteiger partial charge in [-0.25, -0.2) is 4.79 Å². The second-order valence-electron chi connectivity index (χ2n) is 5.23. The zero-order valence-electron chi connectivity index (χ0n) is 14.7. The van der Waals surface area contributed by atoms with Crippen LogP contribution in [0.4, 0.5) is 0 Å². The molecule has 0 radical (unpaired) electrons. The lowest BCUT2D eigenvalue weighted by atomic mass is 10.0. The van der Waals surface area contributed by atoms with Gasteiger partial charge in [-0.2, -0.15) is 0 Å². The van der Waals surface area contributed by atoms with Crippen molar-refractivity contribution in [1.82, 2.24) is 0 Å². The molecule has 6 nitrogen and oxygen atoms in total. The average molecular weight is 419 g/mol. The Labute approximate surface area is 160 Å². The first-order valence-electron chi connectivity index (χ1n) is 7.77. The lowest BCUT2D eigenvalue weighted by Gasteiger charge is -2.10. The van der Waals surface area contributed by atoms with Gasteiger partial charge >= 0.3 is 5.97 Å². The number of hydrogen-bond acceptors (Lipinski definition) is 6. The van der Waals surface area contributed by atoms with Gasteiger partial charge in [-0.15, -0.1) is 0 Å². The van der Waals surface area contributed by atoms with Crippen LogP contribution in [0.1, 0.15) is 23.6 Å². The van der Waals surface area contributed by atoms with Crippen LogP contribution in [0.3, 0.4) is 0 Å². The predicted molar refractivity (Wildman–Crippen MR) is 103 cm³/mol. The molecule has 0 N–H and O–H groups in total. The van der Waals surface area contributed by atoms with Gasteiger partial charge in [0.2, 0.25) is 0 Å². The number of ether oxygens (including phenoxy) is 1. The van der Waals surface area contributed by atoms with E-state index in [1.54, 1.807) is 12.1 Å². The van der Waals surface area contributed by atoms with Crippen LogP contribution in [0.25, 0.3) is 0 Å². The predicted octanol–water partition coefficient (Wildman–Crippen LogP) is 3.91. The number of methoxy groups -OCH3 is 1. The van der Waals surface area contributed by atoms with E-state index in [1.807, 2.05) is 43.3 Å². The minimum absolute atomic E-state index is 0.0712. The summed E-state index contributed by atoms with van der Waals surface area (Å²) in [5.41, 5.74) is 3.06. The highest BCUT2D eigenvalue weighted by molar-refractivity contribution is 9.10. The van der Waals surface area contributed by atoms with Gasteiger partial charge in [-0.1, -0.05) is 62.6 Å². The molecular weight excluding hydrogens is 400 g/mol. The van der Waals surface area contributed by atoms with Crippen molar-refractivity contribution in [3.05, 3.63) is 69.7 Å². The first-order valence-corrected chi connectivity index (χ1v) is 8.56. The van der Waals surface area contributed by atoms with Gasteiger partial charge in [0, 0.05) is 21.2 Å². The molecule has 0 aliphatic rings. The smallest absolute Gasteiger partial charge is 0.360 e. The van der Waals surface area contributed by atoms with E-state index in [4.69, 9.17) is 14.4 Å². The van der Waals surface area contributed by atoms with Crippen LogP contribution in [0.15, 0.2) is 63.3 Å². The largest absolute Gasteiger partial charge is 0.464 e. The highest BCUT2D eigenvalue weighted by atomic mass is 79.9. The van der Waals surface area contributed by atoms with Gasteiger partial charge in [0.1, 0.15) is 13.7 Å². The Bertz CT molecular complexity index is 834. The maximum absolute atomic E-state index is 11.9. The third-order valence-corrected chi connectivity index (χ3v) is 3.99. The second-order valence-corrected chi connectivity index (χ2v) is 6.15. The van der Waals surface area contributed by atoms with E-state index in [0.717, 1.165) is 21.3 Å². The quantitative estimate of drug-likeness (QED) is 0.388. The highest BCUT2D eigenvalue weighted by Crippen LogP contribution is 2.15. The molecule has 0 aliphatic heterocycles. The normalized spacial score (nSPS) is 11.8. The van der Waals surface area contributed by atoms with E-state index in [9.17, 15) is 4.79 Å². The minimum atomic E-state index is -0.590. The van der Waals surface area contributed by atoms with Gasteiger partial charge in [-0.3, -0.25) is 0 Å². The summed E-state index contributed by atoms with van der Waals surface area (Å²) in [5, 5.41) is 7.92. The van der Waals surface area contributed by atoms with Crippen molar-refractivity contribution in [1.29, 1.82) is 0 Å². The fourth-order valence-corrected chi connectivity index (χ4v) is 2.63. The van der Waals surface area contributed by atoms with E-state index >= 15 is 0 Å². The maximum atomic E-state index is 11.9. The standard InChI is InChI=1S/C19H19BrN2O4/c1-13(14-8-6-9-16(20)11-14)21-26-12-15-7-4-5-10-17(15)18(22-25-3)19(23)24-2/h4-11H,12H2,1-3H3/b21-13+,22-18+. The van der Waals surface area contributed by atoms with Gasteiger partial charge in [0.15, 0.2) is 5.71 Å². The van der Waals surface area contributed by atoms with Crippen molar-refractivity contribution >= 4 is 33.3 Å². The zero-order valence-corrected chi connectivity index (χ0v) is 16.3. The molecule has 0 heterocycles. The number of hydrogen-bond donors (Lipinski definition) is 0. The van der Waals surface area contributed by atoms with Crippen LogP contribution < -0.4 is 0 Å². The summed E-state index contributed by atoms with van der Waals surface area (Å²) in [6.07, 6.45) is 0. The van der Waals surface area contributed by atoms with Crippen LogP contribution in [-0.2, 0) is 25.8 Å². The molecule has 0 saturated carbocycles. The third-order valence-electron chi connectivity index (χ3n) is 3.50. The number of benzene rings is 2. The molecule has 2 rings (SSSR count). The summed E-state index contributed by atoms with van der Waals surface area (Å²) in [5.74, 6) is -0.590. The summed E-state index contributed by atoms with van der Waals surface area (Å²) < 4.78 is 5.73. The molecule has 0 aliphatic carbocycles. The molecule has 136 valence electrons. The minimum Gasteiger partial charge on any atom is -0.464 e. The molecule has 0 spiro atoms. The second kappa shape index (κ2) is 9.72. The van der Waals surface area contributed by atoms with Crippen molar-refractivity contribution in [3.8, 4) is 0 Å². The molecule has 0 atom stereocenters. The van der Waals surface area contributed by atoms with Gasteiger partial charge in [0.05, 0.1) is 12.8 Å². The van der Waals surface area contributed by atoms with Crippen LogP contribution >= 0.6 is 15.9 Å². The van der Waals surface area contributed by atoms with Crippen LogP contribution in [0, 0.1) is 0 Å². The van der Waals surface area contributed by atoms with Crippen LogP contribution in [0.2, 0.25) is 0 Å². The number of esters is 1. The average Bonchev–Trinajstić information content (AvgIpc) is 2.66. The van der Waals surface area contributed by atoms with Crippen molar-refractivity contribution in [2.24, 2.45) is 10.3 Å². The lowest BCUT2D eigenvalue weighted by Crippen LogP contribution is -2.19. The molecule has 2 aromatic carbocycles. The SMILES string of the molecule is CO/N=C(/C(=O)OC)c1ccccc1CO/N=C(\C)c1cccc(Br)c1. The van der Waals surface area contributed by atoms with E-state index < -0.39 is 5.97 Å². The Morgan fingerprint density at radius 3 is 2.54 bits per heavy atom. The molecule has 26 heavy (non-hydrogen) atoms. The van der Waals surface area contributed by atoms with Crippen LogP contribution in [0.5, 0.6) is 0 Å². The Morgan fingerprint density at radius 1 is 1.08 bits per heavy atom. The van der Waals surface area contributed by atoms with Gasteiger partial charge in [-0.05, 0) is 19.1 Å². The summed E-state index contributed by atoms with van der Waals surface area (Å²) in [6.45, 7) is 2.03. The summed E-state index contributed by atoms with van der Waals surface area (Å²) in [6, 6.07) is 15.0. The van der Waals surface area contributed by atoms with Gasteiger partial charge in [0.25, 0.3) is 0 Å². The Hall–Kier alpha value is -2.67. The van der Waals surface area contributed by atoms with Gasteiger partial charge < -0.3 is 14.4 Å².